The fraction of sp³-hybridized carbons (Fsp3) is 0.500. The molecule has 1 amide bonds. The molecule has 0 spiro atoms. The molecule has 134 valence electrons. The lowest BCUT2D eigenvalue weighted by Gasteiger charge is -2.29. The van der Waals surface area contributed by atoms with E-state index < -0.39 is 0 Å². The van der Waals surface area contributed by atoms with Crippen molar-refractivity contribution in [3.05, 3.63) is 41.7 Å². The highest BCUT2D eigenvalue weighted by Gasteiger charge is 2.28. The first kappa shape index (κ1) is 17.7. The molecule has 25 heavy (non-hydrogen) atoms. The zero-order valence-electron chi connectivity index (χ0n) is 15.2. The molecule has 0 saturated heterocycles. The maximum atomic E-state index is 12.1. The second-order valence-electron chi connectivity index (χ2n) is 7.05. The summed E-state index contributed by atoms with van der Waals surface area (Å²) in [4.78, 5) is 17.0. The quantitative estimate of drug-likeness (QED) is 0.821. The molecule has 3 N–H and O–H groups in total. The summed E-state index contributed by atoms with van der Waals surface area (Å²) in [5, 5.41) is 3.15. The molecular weight excluding hydrogens is 312 g/mol. The number of aryl methyl sites for hydroxylation is 1. The zero-order chi connectivity index (χ0) is 18.0. The van der Waals surface area contributed by atoms with E-state index in [1.807, 2.05) is 19.1 Å². The van der Waals surface area contributed by atoms with E-state index in [4.69, 9.17) is 10.7 Å². The minimum absolute atomic E-state index is 0.00857. The molecule has 0 aliphatic heterocycles. The van der Waals surface area contributed by atoms with E-state index in [1.54, 1.807) is 0 Å². The lowest BCUT2D eigenvalue weighted by molar-refractivity contribution is -0.118. The number of benzene rings is 1. The van der Waals surface area contributed by atoms with Crippen LogP contribution >= 0.6 is 0 Å². The maximum Gasteiger partial charge on any atom is 0.246 e. The summed E-state index contributed by atoms with van der Waals surface area (Å²) in [6.45, 7) is 6.33. The van der Waals surface area contributed by atoms with Crippen LogP contribution in [0, 0.1) is 0 Å². The molecule has 1 saturated carbocycles. The normalized spacial score (nSPS) is 20.6. The van der Waals surface area contributed by atoms with Gasteiger partial charge >= 0.3 is 0 Å². The number of amides is 1. The lowest BCUT2D eigenvalue weighted by atomic mass is 9.85. The summed E-state index contributed by atoms with van der Waals surface area (Å²) in [6, 6.07) is 6.42. The summed E-state index contributed by atoms with van der Waals surface area (Å²) >= 11 is 0. The lowest BCUT2D eigenvalue weighted by Crippen LogP contribution is -2.38. The second-order valence-corrected chi connectivity index (χ2v) is 7.05. The first-order valence-corrected chi connectivity index (χ1v) is 9.17. The Hall–Kier alpha value is -2.14. The van der Waals surface area contributed by atoms with Gasteiger partial charge in [-0.15, -0.1) is 0 Å². The summed E-state index contributed by atoms with van der Waals surface area (Å²) < 4.78 is 2.19. The van der Waals surface area contributed by atoms with Crippen LogP contribution in [-0.2, 0) is 18.4 Å². The van der Waals surface area contributed by atoms with E-state index in [1.165, 1.54) is 0 Å². The third-order valence-electron chi connectivity index (χ3n) is 5.34. The van der Waals surface area contributed by atoms with Crippen LogP contribution in [0.25, 0.3) is 11.0 Å². The van der Waals surface area contributed by atoms with E-state index in [0.717, 1.165) is 48.1 Å². The van der Waals surface area contributed by atoms with Crippen molar-refractivity contribution in [2.24, 2.45) is 12.8 Å². The highest BCUT2D eigenvalue weighted by Crippen LogP contribution is 2.34. The Morgan fingerprint density at radius 3 is 2.96 bits per heavy atom. The standard InChI is InChI=1S/C20H28N4O/c1-4-13(2)20(25)22-16-7-5-6-15(11-16)19-23-17-9-8-14(12-21)10-18(17)24(19)3/h8-10,15-16H,2,4-7,11-12,21H2,1,3H3,(H,22,25). The van der Waals surface area contributed by atoms with Crippen LogP contribution in [0.15, 0.2) is 30.4 Å². The zero-order valence-corrected chi connectivity index (χ0v) is 15.2. The monoisotopic (exact) mass is 340 g/mol. The summed E-state index contributed by atoms with van der Waals surface area (Å²) in [5.74, 6) is 1.47. The van der Waals surface area contributed by atoms with Gasteiger partial charge in [0, 0.05) is 31.1 Å². The Morgan fingerprint density at radius 1 is 1.44 bits per heavy atom. The molecule has 3 rings (SSSR count). The number of fused-ring (bicyclic) bond motifs is 1. The Balaban J connectivity index is 1.79. The minimum atomic E-state index is -0.00857. The highest BCUT2D eigenvalue weighted by atomic mass is 16.1. The molecule has 0 bridgehead atoms. The molecule has 5 nitrogen and oxygen atoms in total. The third kappa shape index (κ3) is 3.61. The average molecular weight is 340 g/mol. The summed E-state index contributed by atoms with van der Waals surface area (Å²) in [7, 11) is 2.08. The van der Waals surface area contributed by atoms with Crippen molar-refractivity contribution >= 4 is 16.9 Å². The van der Waals surface area contributed by atoms with Gasteiger partial charge in [-0.25, -0.2) is 4.98 Å². The molecular formula is C20H28N4O. The van der Waals surface area contributed by atoms with E-state index in [2.05, 4.69) is 29.6 Å². The van der Waals surface area contributed by atoms with Crippen molar-refractivity contribution < 1.29 is 4.79 Å². The Kier molecular flexibility index (Phi) is 5.23. The number of imidazole rings is 1. The molecule has 1 aliphatic carbocycles. The number of aromatic nitrogens is 2. The fourth-order valence-electron chi connectivity index (χ4n) is 3.75. The number of nitrogens with zero attached hydrogens (tertiary/aromatic N) is 2. The van der Waals surface area contributed by atoms with Gasteiger partial charge in [-0.3, -0.25) is 4.79 Å². The number of nitrogens with one attached hydrogen (secondary N) is 1. The summed E-state index contributed by atoms with van der Waals surface area (Å²) in [6.07, 6.45) is 4.87. The predicted molar refractivity (Wildman–Crippen MR) is 101 cm³/mol. The number of rotatable bonds is 5. The van der Waals surface area contributed by atoms with Gasteiger partial charge in [0.15, 0.2) is 0 Å². The van der Waals surface area contributed by atoms with Crippen molar-refractivity contribution in [2.75, 3.05) is 0 Å². The molecule has 0 radical (unpaired) electrons. The van der Waals surface area contributed by atoms with Gasteiger partial charge in [0.2, 0.25) is 5.91 Å². The smallest absolute Gasteiger partial charge is 0.246 e. The Bertz CT molecular complexity index is 792. The van der Waals surface area contributed by atoms with Crippen molar-refractivity contribution in [3.8, 4) is 0 Å². The van der Waals surface area contributed by atoms with Gasteiger partial charge in [0.05, 0.1) is 11.0 Å². The van der Waals surface area contributed by atoms with Crippen LogP contribution in [-0.4, -0.2) is 21.5 Å². The van der Waals surface area contributed by atoms with Gasteiger partial charge < -0.3 is 15.6 Å². The van der Waals surface area contributed by atoms with Crippen molar-refractivity contribution in [1.29, 1.82) is 0 Å². The molecule has 2 unspecified atom stereocenters. The highest BCUT2D eigenvalue weighted by molar-refractivity contribution is 5.92. The van der Waals surface area contributed by atoms with Gasteiger partial charge in [-0.05, 0) is 43.4 Å². The number of hydrogen-bond acceptors (Lipinski definition) is 3. The predicted octanol–water partition coefficient (Wildman–Crippen LogP) is 3.14. The van der Waals surface area contributed by atoms with Crippen LogP contribution in [0.1, 0.15) is 56.3 Å². The first-order chi connectivity index (χ1) is 12.0. The van der Waals surface area contributed by atoms with Crippen LogP contribution < -0.4 is 11.1 Å². The summed E-state index contributed by atoms with van der Waals surface area (Å²) in [5.41, 5.74) is 9.68. The molecule has 1 aliphatic rings. The van der Waals surface area contributed by atoms with Crippen LogP contribution in [0.3, 0.4) is 0 Å². The van der Waals surface area contributed by atoms with E-state index in [0.29, 0.717) is 24.5 Å². The largest absolute Gasteiger partial charge is 0.350 e. The Labute approximate surface area is 149 Å². The molecule has 1 aromatic heterocycles. The maximum absolute atomic E-state index is 12.1. The van der Waals surface area contributed by atoms with Crippen molar-refractivity contribution in [2.45, 2.75) is 57.5 Å². The van der Waals surface area contributed by atoms with E-state index in [-0.39, 0.29) is 11.9 Å². The number of carbonyl (C=O) groups excluding carboxylic acids is 1. The van der Waals surface area contributed by atoms with Gasteiger partial charge in [0.25, 0.3) is 0 Å². The van der Waals surface area contributed by atoms with Crippen LogP contribution in [0.5, 0.6) is 0 Å². The number of hydrogen-bond donors (Lipinski definition) is 2. The van der Waals surface area contributed by atoms with E-state index in [9.17, 15) is 4.79 Å². The van der Waals surface area contributed by atoms with Crippen molar-refractivity contribution in [3.63, 3.8) is 0 Å². The van der Waals surface area contributed by atoms with Gasteiger partial charge in [-0.1, -0.05) is 26.0 Å². The SMILES string of the molecule is C=C(CC)C(=O)NC1CCCC(c2nc3ccc(CN)cc3n2C)C1. The van der Waals surface area contributed by atoms with Crippen molar-refractivity contribution in [1.82, 2.24) is 14.9 Å². The second kappa shape index (κ2) is 7.40. The molecule has 1 heterocycles. The van der Waals surface area contributed by atoms with E-state index >= 15 is 0 Å². The molecule has 2 aromatic rings. The van der Waals surface area contributed by atoms with Crippen LogP contribution in [0.4, 0.5) is 0 Å². The average Bonchev–Trinajstić information content (AvgIpc) is 2.97. The third-order valence-corrected chi connectivity index (χ3v) is 5.34. The number of carbonyl (C=O) groups is 1. The molecule has 1 aromatic carbocycles. The van der Waals surface area contributed by atoms with Crippen LogP contribution in [0.2, 0.25) is 0 Å². The first-order valence-electron chi connectivity index (χ1n) is 9.17. The molecule has 2 atom stereocenters. The Morgan fingerprint density at radius 2 is 2.24 bits per heavy atom. The van der Waals surface area contributed by atoms with Gasteiger partial charge in [-0.2, -0.15) is 0 Å². The van der Waals surface area contributed by atoms with Gasteiger partial charge in [0.1, 0.15) is 5.82 Å². The minimum Gasteiger partial charge on any atom is -0.350 e. The molecule has 5 heteroatoms. The fourth-order valence-corrected chi connectivity index (χ4v) is 3.75. The topological polar surface area (TPSA) is 72.9 Å². The molecule has 1 fully saturated rings. The number of nitrogens with two attached hydrogens (primary N) is 1.